The molecule has 0 aliphatic carbocycles. The van der Waals surface area contributed by atoms with Crippen molar-refractivity contribution in [2.75, 3.05) is 32.4 Å². The number of hydrogen-bond donors (Lipinski definition) is 1. The van der Waals surface area contributed by atoms with E-state index in [9.17, 15) is 16.8 Å². The number of nitrogens with one attached hydrogen (secondary N) is 1. The molecule has 0 bridgehead atoms. The van der Waals surface area contributed by atoms with E-state index in [1.807, 2.05) is 0 Å². The molecule has 2 saturated heterocycles. The van der Waals surface area contributed by atoms with E-state index in [0.717, 1.165) is 44.9 Å². The molecule has 8 nitrogen and oxygen atoms in total. The van der Waals surface area contributed by atoms with Crippen LogP contribution in [0, 0.1) is 0 Å². The largest absolute Gasteiger partial charge is 0.447 e. The maximum Gasteiger partial charge on any atom is 0.276 e. The molecule has 0 spiro atoms. The van der Waals surface area contributed by atoms with Crippen LogP contribution in [0.2, 0.25) is 0 Å². The zero-order valence-electron chi connectivity index (χ0n) is 15.1. The summed E-state index contributed by atoms with van der Waals surface area (Å²) in [6.45, 7) is 2.77. The van der Waals surface area contributed by atoms with Gasteiger partial charge in [-0.25, -0.2) is 21.6 Å². The second kappa shape index (κ2) is 7.97. The Morgan fingerprint density at radius 1 is 1.08 bits per heavy atom. The first-order valence-electron chi connectivity index (χ1n) is 9.03. The minimum atomic E-state index is -3.55. The highest BCUT2D eigenvalue weighted by atomic mass is 32.2. The molecule has 1 aromatic heterocycles. The highest BCUT2D eigenvalue weighted by molar-refractivity contribution is 7.89. The van der Waals surface area contributed by atoms with Gasteiger partial charge in [0.25, 0.3) is 10.0 Å². The van der Waals surface area contributed by atoms with Gasteiger partial charge in [-0.2, -0.15) is 4.31 Å². The Kier molecular flexibility index (Phi) is 6.07. The minimum absolute atomic E-state index is 0.00257. The molecule has 3 rings (SSSR count). The lowest BCUT2D eigenvalue weighted by molar-refractivity contribution is 0.129. The molecule has 1 N–H and O–H groups in total. The fourth-order valence-electron chi connectivity index (χ4n) is 3.58. The summed E-state index contributed by atoms with van der Waals surface area (Å²) in [5.74, 6) is 0.592. The third-order valence-corrected chi connectivity index (χ3v) is 7.45. The first-order valence-corrected chi connectivity index (χ1v) is 12.4. The third kappa shape index (κ3) is 4.86. The molecule has 26 heavy (non-hydrogen) atoms. The average molecular weight is 406 g/mol. The predicted octanol–water partition coefficient (Wildman–Crippen LogP) is 0.968. The quantitative estimate of drug-likeness (QED) is 0.726. The topological polar surface area (TPSA) is 99.9 Å². The summed E-state index contributed by atoms with van der Waals surface area (Å²) in [7, 11) is -6.77. The molecule has 2 aliphatic rings. The van der Waals surface area contributed by atoms with Gasteiger partial charge in [0.05, 0.1) is 12.8 Å². The van der Waals surface area contributed by atoms with Crippen LogP contribution in [0.1, 0.15) is 37.9 Å². The van der Waals surface area contributed by atoms with Crippen molar-refractivity contribution in [1.82, 2.24) is 13.9 Å². The zero-order chi connectivity index (χ0) is 18.8. The van der Waals surface area contributed by atoms with Crippen LogP contribution >= 0.6 is 0 Å². The first-order chi connectivity index (χ1) is 12.3. The van der Waals surface area contributed by atoms with E-state index in [-0.39, 0.29) is 11.1 Å². The van der Waals surface area contributed by atoms with E-state index in [0.29, 0.717) is 31.9 Å². The maximum atomic E-state index is 12.6. The van der Waals surface area contributed by atoms with Gasteiger partial charge in [-0.3, -0.25) is 4.90 Å². The van der Waals surface area contributed by atoms with Gasteiger partial charge in [-0.1, -0.05) is 6.42 Å². The summed E-state index contributed by atoms with van der Waals surface area (Å²) >= 11 is 0. The second-order valence-corrected chi connectivity index (χ2v) is 10.8. The normalized spacial score (nSPS) is 23.5. The Bertz CT molecular complexity index is 813. The lowest BCUT2D eigenvalue weighted by Gasteiger charge is -2.35. The van der Waals surface area contributed by atoms with Crippen LogP contribution in [0.3, 0.4) is 0 Å². The Morgan fingerprint density at radius 2 is 1.77 bits per heavy atom. The van der Waals surface area contributed by atoms with Crippen molar-refractivity contribution in [3.8, 4) is 0 Å². The second-order valence-electron chi connectivity index (χ2n) is 7.07. The van der Waals surface area contributed by atoms with Gasteiger partial charge in [0.1, 0.15) is 5.76 Å². The molecule has 0 amide bonds. The number of furan rings is 1. The minimum Gasteiger partial charge on any atom is -0.447 e. The highest BCUT2D eigenvalue weighted by Crippen LogP contribution is 2.25. The monoisotopic (exact) mass is 405 g/mol. The van der Waals surface area contributed by atoms with Crippen molar-refractivity contribution in [1.29, 1.82) is 0 Å². The molecule has 0 unspecified atom stereocenters. The summed E-state index contributed by atoms with van der Waals surface area (Å²) in [6, 6.07) is 3.32. The van der Waals surface area contributed by atoms with Gasteiger partial charge in [-0.15, -0.1) is 0 Å². The van der Waals surface area contributed by atoms with Crippen LogP contribution < -0.4 is 4.72 Å². The summed E-state index contributed by atoms with van der Waals surface area (Å²) in [5.41, 5.74) is 0. The number of likely N-dealkylation sites (tertiary alicyclic amines) is 1. The van der Waals surface area contributed by atoms with Gasteiger partial charge in [0.2, 0.25) is 15.1 Å². The SMILES string of the molecule is CS(=O)(=O)NC[C@@H]1CCCCN1Cc1ccc(S(=O)(=O)N2CCCC2)o1. The molecule has 1 aromatic rings. The fraction of sp³-hybridized carbons (Fsp3) is 0.750. The lowest BCUT2D eigenvalue weighted by atomic mass is 10.0. The van der Waals surface area contributed by atoms with Crippen molar-refractivity contribution in [3.63, 3.8) is 0 Å². The number of rotatable bonds is 7. The molecular formula is C16H27N3O5S2. The molecule has 10 heteroatoms. The van der Waals surface area contributed by atoms with E-state index in [4.69, 9.17) is 4.42 Å². The van der Waals surface area contributed by atoms with Gasteiger partial charge in [-0.05, 0) is 44.4 Å². The standard InChI is InChI=1S/C16H27N3O5S2/c1-25(20,21)17-12-14-6-2-3-9-18(14)13-15-7-8-16(24-15)26(22,23)19-10-4-5-11-19/h7-8,14,17H,2-6,9-13H2,1H3/t14-/m0/s1. The fourth-order valence-corrected chi connectivity index (χ4v) is 5.53. The third-order valence-electron chi connectivity index (χ3n) is 4.99. The molecule has 148 valence electrons. The molecule has 3 heterocycles. The molecule has 2 aliphatic heterocycles. The van der Waals surface area contributed by atoms with Crippen molar-refractivity contribution in [2.24, 2.45) is 0 Å². The summed E-state index contributed by atoms with van der Waals surface area (Å²) < 4.78 is 57.5. The first kappa shape index (κ1) is 19.8. The van der Waals surface area contributed by atoms with Crippen LogP contribution in [-0.4, -0.2) is 64.5 Å². The number of hydrogen-bond acceptors (Lipinski definition) is 6. The van der Waals surface area contributed by atoms with E-state index in [1.54, 1.807) is 6.07 Å². The summed E-state index contributed by atoms with van der Waals surface area (Å²) in [4.78, 5) is 2.16. The van der Waals surface area contributed by atoms with Crippen LogP contribution in [0.15, 0.2) is 21.6 Å². The molecule has 2 fully saturated rings. The zero-order valence-corrected chi connectivity index (χ0v) is 16.7. The highest BCUT2D eigenvalue weighted by Gasteiger charge is 2.31. The van der Waals surface area contributed by atoms with E-state index in [1.165, 1.54) is 10.4 Å². The number of piperidine rings is 1. The number of nitrogens with zero attached hydrogens (tertiary/aromatic N) is 2. The van der Waals surface area contributed by atoms with Crippen molar-refractivity contribution in [3.05, 3.63) is 17.9 Å². The molecule has 0 radical (unpaired) electrons. The molecule has 1 atom stereocenters. The van der Waals surface area contributed by atoms with Gasteiger partial charge >= 0.3 is 0 Å². The van der Waals surface area contributed by atoms with E-state index < -0.39 is 20.0 Å². The van der Waals surface area contributed by atoms with Crippen molar-refractivity contribution >= 4 is 20.0 Å². The molecule has 0 saturated carbocycles. The Hall–Kier alpha value is -0.940. The summed E-state index contributed by atoms with van der Waals surface area (Å²) in [6.07, 6.45) is 5.92. The maximum absolute atomic E-state index is 12.6. The van der Waals surface area contributed by atoms with Crippen molar-refractivity contribution in [2.45, 2.75) is 49.8 Å². The van der Waals surface area contributed by atoms with E-state index in [2.05, 4.69) is 9.62 Å². The van der Waals surface area contributed by atoms with Gasteiger partial charge < -0.3 is 4.42 Å². The van der Waals surface area contributed by atoms with Crippen LogP contribution in [0.25, 0.3) is 0 Å². The van der Waals surface area contributed by atoms with E-state index >= 15 is 0 Å². The lowest BCUT2D eigenvalue weighted by Crippen LogP contribution is -2.45. The number of sulfonamides is 2. The van der Waals surface area contributed by atoms with Crippen LogP contribution in [0.4, 0.5) is 0 Å². The average Bonchev–Trinajstić information content (AvgIpc) is 3.25. The summed E-state index contributed by atoms with van der Waals surface area (Å²) in [5, 5.41) is -0.00257. The molecular weight excluding hydrogens is 378 g/mol. The predicted molar refractivity (Wildman–Crippen MR) is 97.6 cm³/mol. The smallest absolute Gasteiger partial charge is 0.276 e. The van der Waals surface area contributed by atoms with Gasteiger partial charge in [0.15, 0.2) is 0 Å². The Labute approximate surface area is 155 Å². The Balaban J connectivity index is 1.67. The van der Waals surface area contributed by atoms with Crippen LogP contribution in [0.5, 0.6) is 0 Å². The van der Waals surface area contributed by atoms with Crippen LogP contribution in [-0.2, 0) is 26.6 Å². The molecule has 0 aromatic carbocycles. The van der Waals surface area contributed by atoms with Gasteiger partial charge in [0, 0.05) is 25.7 Å². The Morgan fingerprint density at radius 3 is 2.46 bits per heavy atom. The van der Waals surface area contributed by atoms with Crippen molar-refractivity contribution < 1.29 is 21.3 Å².